The minimum Gasteiger partial charge on any atom is -0.454 e. The molecular formula is C8H5NO2S2. The van der Waals surface area contributed by atoms with Crippen molar-refractivity contribution in [1.29, 1.82) is 0 Å². The van der Waals surface area contributed by atoms with Crippen LogP contribution in [0, 0.1) is 0 Å². The highest BCUT2D eigenvalue weighted by atomic mass is 32.2. The van der Waals surface area contributed by atoms with Gasteiger partial charge in [0, 0.05) is 0 Å². The molecule has 0 aliphatic carbocycles. The van der Waals surface area contributed by atoms with Gasteiger partial charge in [-0.1, -0.05) is 0 Å². The molecule has 13 heavy (non-hydrogen) atoms. The lowest BCUT2D eigenvalue weighted by Crippen LogP contribution is -1.93. The van der Waals surface area contributed by atoms with Crippen molar-refractivity contribution < 1.29 is 9.47 Å². The number of benzene rings is 1. The summed E-state index contributed by atoms with van der Waals surface area (Å²) in [6.07, 6.45) is 0. The molecule has 3 nitrogen and oxygen atoms in total. The van der Waals surface area contributed by atoms with E-state index >= 15 is 0 Å². The Morgan fingerprint density at radius 2 is 2.31 bits per heavy atom. The van der Waals surface area contributed by atoms with Crippen molar-refractivity contribution in [3.05, 3.63) is 12.1 Å². The average Bonchev–Trinajstić information content (AvgIpc) is 2.65. The normalized spacial score (nSPS) is 13.9. The minimum atomic E-state index is 0.286. The zero-order valence-corrected chi connectivity index (χ0v) is 8.19. The van der Waals surface area contributed by atoms with E-state index < -0.39 is 0 Å². The maximum Gasteiger partial charge on any atom is 0.231 e. The van der Waals surface area contributed by atoms with Gasteiger partial charge in [0.15, 0.2) is 11.5 Å². The molecule has 66 valence electrons. The van der Waals surface area contributed by atoms with Crippen LogP contribution in [0.15, 0.2) is 16.5 Å². The summed E-state index contributed by atoms with van der Waals surface area (Å²) in [6, 6.07) is 3.87. The number of hydrogen-bond acceptors (Lipinski definition) is 5. The highest BCUT2D eigenvalue weighted by Crippen LogP contribution is 2.40. The first-order valence-corrected chi connectivity index (χ1v) is 4.99. The molecule has 2 heterocycles. The van der Waals surface area contributed by atoms with Gasteiger partial charge in [0.1, 0.15) is 9.86 Å². The molecule has 3 rings (SSSR count). The number of fused-ring (bicyclic) bond motifs is 3. The van der Waals surface area contributed by atoms with E-state index in [-0.39, 0.29) is 6.79 Å². The van der Waals surface area contributed by atoms with Crippen LogP contribution in [0.2, 0.25) is 0 Å². The van der Waals surface area contributed by atoms with E-state index in [2.05, 4.69) is 17.6 Å². The van der Waals surface area contributed by atoms with Crippen LogP contribution in [0.3, 0.4) is 0 Å². The molecule has 1 aliphatic rings. The fraction of sp³-hybridized carbons (Fsp3) is 0.125. The summed E-state index contributed by atoms with van der Waals surface area (Å²) in [5.41, 5.74) is 0.852. The van der Waals surface area contributed by atoms with E-state index in [1.807, 2.05) is 12.1 Å². The first-order chi connectivity index (χ1) is 6.34. The first-order valence-electron chi connectivity index (χ1n) is 3.73. The van der Waals surface area contributed by atoms with E-state index in [1.165, 1.54) is 11.3 Å². The summed E-state index contributed by atoms with van der Waals surface area (Å²) in [7, 11) is 0. The van der Waals surface area contributed by atoms with Gasteiger partial charge >= 0.3 is 0 Å². The van der Waals surface area contributed by atoms with Crippen molar-refractivity contribution in [2.75, 3.05) is 6.79 Å². The van der Waals surface area contributed by atoms with E-state index in [0.29, 0.717) is 0 Å². The molecule has 0 unspecified atom stereocenters. The molecule has 0 radical (unpaired) electrons. The number of thiazole rings is 1. The third-order valence-corrected chi connectivity index (χ3v) is 3.08. The quantitative estimate of drug-likeness (QED) is 0.678. The van der Waals surface area contributed by atoms with Gasteiger partial charge in [-0.15, -0.1) is 24.0 Å². The maximum absolute atomic E-state index is 5.31. The van der Waals surface area contributed by atoms with E-state index in [9.17, 15) is 0 Å². The minimum absolute atomic E-state index is 0.286. The average molecular weight is 211 g/mol. The molecule has 0 fully saturated rings. The molecule has 0 saturated carbocycles. The second-order valence-corrected chi connectivity index (χ2v) is 4.40. The fourth-order valence-corrected chi connectivity index (χ4v) is 2.44. The zero-order valence-electron chi connectivity index (χ0n) is 6.48. The van der Waals surface area contributed by atoms with Crippen LogP contribution in [0.25, 0.3) is 10.2 Å². The largest absolute Gasteiger partial charge is 0.454 e. The Labute approximate surface area is 83.7 Å². The van der Waals surface area contributed by atoms with Gasteiger partial charge in [-0.05, 0) is 12.1 Å². The predicted molar refractivity (Wildman–Crippen MR) is 53.0 cm³/mol. The van der Waals surface area contributed by atoms with Gasteiger partial charge in [-0.2, -0.15) is 0 Å². The van der Waals surface area contributed by atoms with E-state index in [1.54, 1.807) is 0 Å². The topological polar surface area (TPSA) is 31.4 Å². The Kier molecular flexibility index (Phi) is 1.45. The number of aromatic nitrogens is 1. The number of thiol groups is 1. The van der Waals surface area contributed by atoms with Crippen LogP contribution in [0.5, 0.6) is 11.5 Å². The van der Waals surface area contributed by atoms with Gasteiger partial charge < -0.3 is 9.47 Å². The summed E-state index contributed by atoms with van der Waals surface area (Å²) in [5.74, 6) is 1.51. The highest BCUT2D eigenvalue weighted by molar-refractivity contribution is 7.82. The highest BCUT2D eigenvalue weighted by Gasteiger charge is 2.18. The van der Waals surface area contributed by atoms with Gasteiger partial charge in [0.2, 0.25) is 6.79 Å². The zero-order chi connectivity index (χ0) is 8.84. The molecule has 0 spiro atoms. The molecule has 2 aromatic rings. The second kappa shape index (κ2) is 2.52. The van der Waals surface area contributed by atoms with Crippen LogP contribution in [0.1, 0.15) is 0 Å². The third kappa shape index (κ3) is 1.00. The lowest BCUT2D eigenvalue weighted by molar-refractivity contribution is 0.174. The van der Waals surface area contributed by atoms with Gasteiger partial charge in [0.05, 0.1) is 4.70 Å². The van der Waals surface area contributed by atoms with Crippen LogP contribution in [-0.2, 0) is 0 Å². The van der Waals surface area contributed by atoms with Crippen LogP contribution < -0.4 is 9.47 Å². The molecule has 0 atom stereocenters. The smallest absolute Gasteiger partial charge is 0.231 e. The Bertz CT molecular complexity index is 480. The Morgan fingerprint density at radius 1 is 1.38 bits per heavy atom. The Morgan fingerprint density at radius 3 is 3.23 bits per heavy atom. The van der Waals surface area contributed by atoms with Crippen LogP contribution in [0.4, 0.5) is 0 Å². The van der Waals surface area contributed by atoms with E-state index in [4.69, 9.17) is 9.47 Å². The van der Waals surface area contributed by atoms with Crippen molar-refractivity contribution in [3.8, 4) is 11.5 Å². The maximum atomic E-state index is 5.31. The summed E-state index contributed by atoms with van der Waals surface area (Å²) in [6.45, 7) is 0.286. The van der Waals surface area contributed by atoms with Gasteiger partial charge in [-0.25, -0.2) is 4.98 Å². The summed E-state index contributed by atoms with van der Waals surface area (Å²) >= 11 is 5.73. The molecule has 5 heteroatoms. The summed E-state index contributed by atoms with van der Waals surface area (Å²) in [4.78, 5) is 4.26. The Hall–Kier alpha value is -0.940. The molecular weight excluding hydrogens is 206 g/mol. The SMILES string of the molecule is Sc1nc2c3c(ccc2s1)OCO3. The molecule has 1 aromatic heterocycles. The number of ether oxygens (including phenoxy) is 2. The molecule has 0 bridgehead atoms. The van der Waals surface area contributed by atoms with Crippen molar-refractivity contribution in [3.63, 3.8) is 0 Å². The van der Waals surface area contributed by atoms with E-state index in [0.717, 1.165) is 26.1 Å². The lowest BCUT2D eigenvalue weighted by Gasteiger charge is -1.94. The number of hydrogen-bond donors (Lipinski definition) is 1. The van der Waals surface area contributed by atoms with Gasteiger partial charge in [0.25, 0.3) is 0 Å². The standard InChI is InChI=1S/C8H5NO2S2/c12-8-9-6-5(13-8)2-1-4-7(6)11-3-10-4/h1-2H,3H2,(H,9,12). The van der Waals surface area contributed by atoms with Crippen LogP contribution >= 0.6 is 24.0 Å². The fourth-order valence-electron chi connectivity index (χ4n) is 1.34. The second-order valence-electron chi connectivity index (χ2n) is 2.64. The summed E-state index contributed by atoms with van der Waals surface area (Å²) < 4.78 is 12.4. The molecule has 0 N–H and O–H groups in total. The predicted octanol–water partition coefficient (Wildman–Crippen LogP) is 2.31. The van der Waals surface area contributed by atoms with Gasteiger partial charge in [-0.3, -0.25) is 0 Å². The Balaban J connectivity index is 2.42. The van der Waals surface area contributed by atoms with Crippen molar-refractivity contribution >= 4 is 34.2 Å². The molecule has 1 aliphatic heterocycles. The van der Waals surface area contributed by atoms with Crippen molar-refractivity contribution in [2.45, 2.75) is 4.34 Å². The molecule has 1 aromatic carbocycles. The summed E-state index contributed by atoms with van der Waals surface area (Å²) in [5, 5.41) is 0. The third-order valence-electron chi connectivity index (χ3n) is 1.88. The first kappa shape index (κ1) is 7.46. The number of nitrogens with zero attached hydrogens (tertiary/aromatic N) is 1. The number of rotatable bonds is 0. The lowest BCUT2D eigenvalue weighted by atomic mass is 10.3. The van der Waals surface area contributed by atoms with Crippen molar-refractivity contribution in [1.82, 2.24) is 4.98 Å². The van der Waals surface area contributed by atoms with Crippen LogP contribution in [-0.4, -0.2) is 11.8 Å². The van der Waals surface area contributed by atoms with Crippen molar-refractivity contribution in [2.24, 2.45) is 0 Å². The molecule has 0 amide bonds. The monoisotopic (exact) mass is 211 g/mol. The molecule has 0 saturated heterocycles.